The van der Waals surface area contributed by atoms with Crippen LogP contribution in [0.25, 0.3) is 10.9 Å². The van der Waals surface area contributed by atoms with E-state index >= 15 is 0 Å². The van der Waals surface area contributed by atoms with Gasteiger partial charge in [-0.25, -0.2) is 14.2 Å². The number of nitrogens with zero attached hydrogens (tertiary/aromatic N) is 4. The van der Waals surface area contributed by atoms with Crippen LogP contribution in [0.15, 0.2) is 60.7 Å². The maximum Gasteiger partial charge on any atom is 0.323 e. The summed E-state index contributed by atoms with van der Waals surface area (Å²) in [4.78, 5) is 57.5. The number of nitrogens with one attached hydrogen (secondary N) is 3. The van der Waals surface area contributed by atoms with E-state index in [9.17, 15) is 23.6 Å². The van der Waals surface area contributed by atoms with Crippen LogP contribution >= 0.6 is 11.6 Å². The molecule has 0 spiro atoms. The van der Waals surface area contributed by atoms with Gasteiger partial charge in [-0.1, -0.05) is 29.8 Å². The zero-order valence-corrected chi connectivity index (χ0v) is 23.3. The number of hydrogen-bond donors (Lipinski definition) is 4. The van der Waals surface area contributed by atoms with Gasteiger partial charge in [0.2, 0.25) is 11.8 Å². The molecule has 3 atom stereocenters. The van der Waals surface area contributed by atoms with E-state index in [1.54, 1.807) is 41.3 Å². The molecule has 2 bridgehead atoms. The number of piperidine rings is 1. The van der Waals surface area contributed by atoms with E-state index in [4.69, 9.17) is 17.3 Å². The zero-order valence-electron chi connectivity index (χ0n) is 22.6. The number of benzene rings is 2. The lowest BCUT2D eigenvalue weighted by Crippen LogP contribution is -2.52. The average Bonchev–Trinajstić information content (AvgIpc) is 3.68. The highest BCUT2D eigenvalue weighted by atomic mass is 35.5. The second-order valence-corrected chi connectivity index (χ2v) is 10.9. The predicted octanol–water partition coefficient (Wildman–Crippen LogP) is 3.98. The first-order chi connectivity index (χ1) is 20.7. The number of hydrogen-bond acceptors (Lipinski definition) is 6. The second kappa shape index (κ2) is 11.3. The molecule has 5 N–H and O–H groups in total. The molecule has 14 heteroatoms. The van der Waals surface area contributed by atoms with Crippen molar-refractivity contribution in [1.29, 1.82) is 0 Å². The maximum atomic E-state index is 13.9. The Morgan fingerprint density at radius 1 is 1.00 bits per heavy atom. The van der Waals surface area contributed by atoms with Crippen LogP contribution in [-0.4, -0.2) is 55.5 Å². The number of fused-ring (bicyclic) bond motifs is 3. The predicted molar refractivity (Wildman–Crippen MR) is 157 cm³/mol. The Morgan fingerprint density at radius 2 is 1.81 bits per heavy atom. The van der Waals surface area contributed by atoms with E-state index < -0.39 is 23.8 Å². The van der Waals surface area contributed by atoms with Crippen LogP contribution in [0, 0.1) is 11.7 Å². The molecule has 2 fully saturated rings. The molecule has 1 aliphatic carbocycles. The Balaban J connectivity index is 1.22. The van der Waals surface area contributed by atoms with Crippen LogP contribution in [0.4, 0.5) is 26.4 Å². The number of primary amides is 1. The van der Waals surface area contributed by atoms with Crippen LogP contribution in [0.5, 0.6) is 0 Å². The summed E-state index contributed by atoms with van der Waals surface area (Å²) in [6.45, 7) is -0.243. The minimum Gasteiger partial charge on any atom is -0.364 e. The van der Waals surface area contributed by atoms with E-state index in [0.29, 0.717) is 23.1 Å². The van der Waals surface area contributed by atoms with Gasteiger partial charge in [-0.15, -0.1) is 0 Å². The van der Waals surface area contributed by atoms with Crippen molar-refractivity contribution in [3.63, 3.8) is 0 Å². The molecule has 4 aromatic rings. The van der Waals surface area contributed by atoms with Crippen LogP contribution < -0.4 is 21.7 Å². The van der Waals surface area contributed by atoms with Gasteiger partial charge in [-0.3, -0.25) is 19.1 Å². The number of halogens is 2. The van der Waals surface area contributed by atoms with Crippen LogP contribution in [-0.2, 0) is 16.1 Å². The van der Waals surface area contributed by atoms with Gasteiger partial charge in [0.05, 0.1) is 11.2 Å². The van der Waals surface area contributed by atoms with Crippen LogP contribution in [0.2, 0.25) is 5.15 Å². The van der Waals surface area contributed by atoms with Crippen molar-refractivity contribution in [3.8, 4) is 0 Å². The van der Waals surface area contributed by atoms with Crippen LogP contribution in [0.1, 0.15) is 29.8 Å². The lowest BCUT2D eigenvalue weighted by Gasteiger charge is -2.34. The monoisotopic (exact) mass is 604 g/mol. The fraction of sp³-hybridized carbons (Fsp3) is 0.241. The van der Waals surface area contributed by atoms with Gasteiger partial charge in [0, 0.05) is 17.1 Å². The van der Waals surface area contributed by atoms with E-state index in [-0.39, 0.29) is 52.5 Å². The summed E-state index contributed by atoms with van der Waals surface area (Å²) >= 11 is 5.96. The van der Waals surface area contributed by atoms with E-state index in [2.05, 4.69) is 26.0 Å². The Labute approximate surface area is 249 Å². The molecule has 6 rings (SSSR count). The fourth-order valence-electron chi connectivity index (χ4n) is 5.98. The largest absolute Gasteiger partial charge is 0.364 e. The van der Waals surface area contributed by atoms with Gasteiger partial charge in [-0.05, 0) is 67.6 Å². The Hall–Kier alpha value is -5.04. The van der Waals surface area contributed by atoms with E-state index in [1.165, 1.54) is 28.9 Å². The molecule has 5 amide bonds. The number of urea groups is 1. The minimum atomic E-state index is -0.823. The molecule has 1 saturated carbocycles. The van der Waals surface area contributed by atoms with Crippen molar-refractivity contribution >= 4 is 63.4 Å². The molecule has 220 valence electrons. The van der Waals surface area contributed by atoms with Gasteiger partial charge in [-0.2, -0.15) is 5.10 Å². The van der Waals surface area contributed by atoms with Crippen molar-refractivity contribution < 1.29 is 23.6 Å². The average molecular weight is 605 g/mol. The molecular weight excluding hydrogens is 579 g/mol. The fourth-order valence-corrected chi connectivity index (χ4v) is 6.14. The molecule has 12 nitrogen and oxygen atoms in total. The summed E-state index contributed by atoms with van der Waals surface area (Å²) in [5.41, 5.74) is 6.21. The molecular formula is C29H26ClFN8O4. The molecule has 1 aliphatic heterocycles. The normalized spacial score (nSPS) is 18.9. The van der Waals surface area contributed by atoms with Crippen molar-refractivity contribution in [2.24, 2.45) is 11.7 Å². The van der Waals surface area contributed by atoms with Crippen molar-refractivity contribution in [2.75, 3.05) is 16.0 Å². The second-order valence-electron chi connectivity index (χ2n) is 10.5. The quantitative estimate of drug-likeness (QED) is 0.233. The summed E-state index contributed by atoms with van der Waals surface area (Å²) in [6, 6.07) is 13.8. The van der Waals surface area contributed by atoms with E-state index in [1.807, 2.05) is 0 Å². The summed E-state index contributed by atoms with van der Waals surface area (Å²) in [7, 11) is 0. The number of carbonyl (C=O) groups excluding carboxylic acids is 4. The van der Waals surface area contributed by atoms with Crippen LogP contribution in [0.3, 0.4) is 0 Å². The Bertz CT molecular complexity index is 1780. The highest BCUT2D eigenvalue weighted by Crippen LogP contribution is 2.43. The zero-order chi connectivity index (χ0) is 30.2. The third-order valence-electron chi connectivity index (χ3n) is 7.76. The first kappa shape index (κ1) is 28.1. The maximum absolute atomic E-state index is 13.9. The highest BCUT2D eigenvalue weighted by Gasteiger charge is 2.51. The van der Waals surface area contributed by atoms with Gasteiger partial charge >= 0.3 is 6.03 Å². The standard InChI is InChI=1S/C29H26ClFN8O4/c30-22-6-3-7-23(35-22)36-28(42)26-15-8-10-17(12-15)39(26)24(40)14-38-21-11-9-16(13-18(21)25(37-38)27(32)41)33-29(43)34-20-5-2-1-4-19(20)31/h1-7,9,11,13,15,17,26H,8,10,12,14H2,(H2,32,41)(H2,33,34,43)(H,35,36,42)/t15-,17+,26-/m0/s1. The first-order valence-electron chi connectivity index (χ1n) is 13.6. The topological polar surface area (TPSA) is 164 Å². The number of para-hydroxylation sites is 1. The summed E-state index contributed by atoms with van der Waals surface area (Å²) < 4.78 is 15.3. The number of amides is 5. The Morgan fingerprint density at radius 3 is 2.58 bits per heavy atom. The SMILES string of the molecule is NC(=O)c1nn(CC(=O)N2[C@@H]3CC[C@@H](C3)[C@H]2C(=O)Nc2cccc(Cl)n2)c2ccc(NC(=O)Nc3ccccc3F)cc12. The number of anilines is 3. The number of nitrogens with two attached hydrogens (primary N) is 1. The van der Waals surface area contributed by atoms with E-state index in [0.717, 1.165) is 12.8 Å². The number of likely N-dealkylation sites (tertiary alicyclic amines) is 1. The molecule has 3 heterocycles. The molecule has 2 aromatic carbocycles. The third-order valence-corrected chi connectivity index (χ3v) is 7.97. The van der Waals surface area contributed by atoms with Gasteiger partial charge in [0.1, 0.15) is 29.4 Å². The summed E-state index contributed by atoms with van der Waals surface area (Å²) in [5.74, 6) is -1.80. The Kier molecular flexibility index (Phi) is 7.40. The summed E-state index contributed by atoms with van der Waals surface area (Å²) in [6.07, 6.45) is 2.32. The molecule has 1 saturated heterocycles. The molecule has 0 radical (unpaired) electrons. The van der Waals surface area contributed by atoms with Crippen molar-refractivity contribution in [2.45, 2.75) is 37.9 Å². The number of carbonyl (C=O) groups is 4. The number of pyridine rings is 1. The molecule has 43 heavy (non-hydrogen) atoms. The number of aromatic nitrogens is 3. The smallest absolute Gasteiger partial charge is 0.323 e. The molecule has 0 unspecified atom stereocenters. The summed E-state index contributed by atoms with van der Waals surface area (Å²) in [5, 5.41) is 12.6. The minimum absolute atomic E-state index is 0.00309. The first-order valence-corrected chi connectivity index (χ1v) is 13.9. The van der Waals surface area contributed by atoms with Gasteiger partial charge in [0.15, 0.2) is 5.69 Å². The number of rotatable bonds is 7. The third kappa shape index (κ3) is 5.58. The van der Waals surface area contributed by atoms with Gasteiger partial charge in [0.25, 0.3) is 5.91 Å². The lowest BCUT2D eigenvalue weighted by atomic mass is 9.97. The molecule has 2 aromatic heterocycles. The van der Waals surface area contributed by atoms with Crippen molar-refractivity contribution in [1.82, 2.24) is 19.7 Å². The lowest BCUT2D eigenvalue weighted by molar-refractivity contribution is -0.141. The van der Waals surface area contributed by atoms with Gasteiger partial charge < -0.3 is 26.6 Å². The molecule has 2 aliphatic rings. The highest BCUT2D eigenvalue weighted by molar-refractivity contribution is 6.29. The van der Waals surface area contributed by atoms with Crippen molar-refractivity contribution in [3.05, 3.63) is 77.3 Å².